The highest BCUT2D eigenvalue weighted by Gasteiger charge is 2.58. The van der Waals surface area contributed by atoms with Crippen molar-refractivity contribution >= 4 is 24.2 Å². The number of hydrogen-bond acceptors (Lipinski definition) is 8. The van der Waals surface area contributed by atoms with Crippen molar-refractivity contribution in [3.63, 3.8) is 0 Å². The number of benzene rings is 4. The first-order chi connectivity index (χ1) is 21.4. The molecule has 5 rings (SSSR count). The number of hydrogen-bond donors (Lipinski definition) is 4. The molecule has 1 fully saturated rings. The second kappa shape index (κ2) is 13.6. The van der Waals surface area contributed by atoms with Gasteiger partial charge in [-0.15, -0.1) is 0 Å². The number of rotatable bonds is 10. The summed E-state index contributed by atoms with van der Waals surface area (Å²) >= 11 is 0. The summed E-state index contributed by atoms with van der Waals surface area (Å²) in [5, 5.41) is 28.0. The zero-order valence-corrected chi connectivity index (χ0v) is 24.1. The molecule has 1 saturated carbocycles. The van der Waals surface area contributed by atoms with Crippen molar-refractivity contribution in [2.75, 3.05) is 14.2 Å². The molecule has 0 spiro atoms. The topological polar surface area (TPSA) is 142 Å². The van der Waals surface area contributed by atoms with E-state index in [1.807, 2.05) is 60.7 Å². The number of carbonyl (C=O) groups is 2. The van der Waals surface area contributed by atoms with E-state index in [1.54, 1.807) is 24.3 Å². The lowest BCUT2D eigenvalue weighted by atomic mass is 9.52. The Labute approximate surface area is 254 Å². The van der Waals surface area contributed by atoms with Crippen molar-refractivity contribution in [1.82, 2.24) is 10.9 Å². The molecule has 4 aromatic carbocycles. The van der Waals surface area contributed by atoms with Gasteiger partial charge >= 0.3 is 0 Å². The van der Waals surface area contributed by atoms with Crippen molar-refractivity contribution in [3.8, 4) is 23.0 Å². The molecule has 44 heavy (non-hydrogen) atoms. The van der Waals surface area contributed by atoms with Gasteiger partial charge in [0.05, 0.1) is 38.5 Å². The number of ether oxygens (including phenoxy) is 2. The Morgan fingerprint density at radius 2 is 1.02 bits per heavy atom. The highest BCUT2D eigenvalue weighted by molar-refractivity contribution is 5.91. The molecule has 4 N–H and O–H groups in total. The third-order valence-corrected chi connectivity index (χ3v) is 7.71. The third-order valence-electron chi connectivity index (χ3n) is 7.71. The summed E-state index contributed by atoms with van der Waals surface area (Å²) in [6, 6.07) is 28.4. The zero-order chi connectivity index (χ0) is 31.1. The van der Waals surface area contributed by atoms with Gasteiger partial charge in [0, 0.05) is 11.8 Å². The highest BCUT2D eigenvalue weighted by Crippen LogP contribution is 2.57. The summed E-state index contributed by atoms with van der Waals surface area (Å²) < 4.78 is 10.3. The van der Waals surface area contributed by atoms with Crippen LogP contribution in [0.3, 0.4) is 0 Å². The molecule has 0 bridgehead atoms. The van der Waals surface area contributed by atoms with Crippen LogP contribution in [0.2, 0.25) is 0 Å². The molecule has 0 heterocycles. The monoisotopic (exact) mass is 592 g/mol. The second-order valence-corrected chi connectivity index (χ2v) is 10.3. The lowest BCUT2D eigenvalue weighted by Gasteiger charge is -2.50. The molecule has 1 aliphatic carbocycles. The van der Waals surface area contributed by atoms with Gasteiger partial charge < -0.3 is 19.7 Å². The van der Waals surface area contributed by atoms with Crippen LogP contribution in [0.15, 0.2) is 107 Å². The molecule has 0 unspecified atom stereocenters. The van der Waals surface area contributed by atoms with Gasteiger partial charge in [0.2, 0.25) is 11.8 Å². The van der Waals surface area contributed by atoms with Gasteiger partial charge in [-0.25, -0.2) is 10.9 Å². The molecule has 10 heteroatoms. The molecule has 2 amide bonds. The first-order valence-corrected chi connectivity index (χ1v) is 13.9. The van der Waals surface area contributed by atoms with E-state index >= 15 is 0 Å². The molecule has 0 atom stereocenters. The van der Waals surface area contributed by atoms with Gasteiger partial charge in [0.25, 0.3) is 0 Å². The number of phenols is 2. The largest absolute Gasteiger partial charge is 0.504 e. The average Bonchev–Trinajstić information content (AvgIpc) is 3.03. The predicted octanol–water partition coefficient (Wildman–Crippen LogP) is 4.53. The second-order valence-electron chi connectivity index (χ2n) is 10.3. The smallest absolute Gasteiger partial charge is 0.244 e. The maximum absolute atomic E-state index is 13.7. The fourth-order valence-electron chi connectivity index (χ4n) is 5.62. The lowest BCUT2D eigenvalue weighted by molar-refractivity contribution is -0.140. The molecule has 10 nitrogen and oxygen atoms in total. The minimum atomic E-state index is -0.604. The molecule has 4 aromatic rings. The molecule has 0 saturated heterocycles. The lowest BCUT2D eigenvalue weighted by Crippen LogP contribution is -2.55. The van der Waals surface area contributed by atoms with E-state index in [0.717, 1.165) is 11.1 Å². The van der Waals surface area contributed by atoms with Crippen LogP contribution in [0.4, 0.5) is 0 Å². The first kappa shape index (κ1) is 29.8. The number of nitrogens with one attached hydrogen (secondary N) is 2. The van der Waals surface area contributed by atoms with E-state index < -0.39 is 23.7 Å². The number of phenolic OH excluding ortho intramolecular Hbond substituents is 2. The normalized spacial score (nSPS) is 19.3. The quantitative estimate of drug-likeness (QED) is 0.158. The minimum Gasteiger partial charge on any atom is -0.504 e. The zero-order valence-electron chi connectivity index (χ0n) is 24.1. The van der Waals surface area contributed by atoms with Crippen LogP contribution in [0.5, 0.6) is 23.0 Å². The maximum Gasteiger partial charge on any atom is 0.244 e. The fourth-order valence-corrected chi connectivity index (χ4v) is 5.62. The number of methoxy groups -OCH3 is 2. The van der Waals surface area contributed by atoms with Gasteiger partial charge in [0.1, 0.15) is 0 Å². The van der Waals surface area contributed by atoms with Gasteiger partial charge in [-0.1, -0.05) is 60.7 Å². The number of nitrogens with zero attached hydrogens (tertiary/aromatic N) is 2. The Kier molecular flexibility index (Phi) is 9.19. The van der Waals surface area contributed by atoms with Crippen molar-refractivity contribution in [2.24, 2.45) is 22.0 Å². The van der Waals surface area contributed by atoms with Gasteiger partial charge in [-0.2, -0.15) is 10.2 Å². The van der Waals surface area contributed by atoms with Crippen LogP contribution in [-0.2, 0) is 9.59 Å². The summed E-state index contributed by atoms with van der Waals surface area (Å²) in [7, 11) is 2.90. The Bertz CT molecular complexity index is 1540. The van der Waals surface area contributed by atoms with Crippen LogP contribution < -0.4 is 20.3 Å². The average molecular weight is 593 g/mol. The number of hydrazone groups is 2. The Morgan fingerprint density at radius 1 is 0.636 bits per heavy atom. The predicted molar refractivity (Wildman–Crippen MR) is 166 cm³/mol. The molecular formula is C34H32N4O6. The third kappa shape index (κ3) is 6.39. The Morgan fingerprint density at radius 3 is 1.39 bits per heavy atom. The first-order valence-electron chi connectivity index (χ1n) is 13.9. The van der Waals surface area contributed by atoms with Crippen molar-refractivity contribution in [3.05, 3.63) is 119 Å². The van der Waals surface area contributed by atoms with Gasteiger partial charge in [0.15, 0.2) is 23.0 Å². The Hall–Kier alpha value is -5.64. The van der Waals surface area contributed by atoms with Crippen molar-refractivity contribution in [1.29, 1.82) is 0 Å². The Balaban J connectivity index is 1.41. The van der Waals surface area contributed by atoms with Crippen LogP contribution >= 0.6 is 0 Å². The van der Waals surface area contributed by atoms with Crippen LogP contribution in [0.1, 0.15) is 34.1 Å². The van der Waals surface area contributed by atoms with E-state index in [1.165, 1.54) is 38.8 Å². The van der Waals surface area contributed by atoms with E-state index in [4.69, 9.17) is 9.47 Å². The summed E-state index contributed by atoms with van der Waals surface area (Å²) in [6.07, 6.45) is 2.93. The minimum absolute atomic E-state index is 0.00370. The maximum atomic E-state index is 13.7. The van der Waals surface area contributed by atoms with Crippen molar-refractivity contribution < 1.29 is 29.3 Å². The van der Waals surface area contributed by atoms with Crippen LogP contribution in [0.25, 0.3) is 0 Å². The molecule has 0 aliphatic heterocycles. The number of carbonyl (C=O) groups excluding carboxylic acids is 2. The molecule has 0 radical (unpaired) electrons. The number of aromatic hydroxyl groups is 2. The van der Waals surface area contributed by atoms with Gasteiger partial charge in [-0.3, -0.25) is 9.59 Å². The number of amides is 2. The molecular weight excluding hydrogens is 560 g/mol. The van der Waals surface area contributed by atoms with E-state index in [2.05, 4.69) is 21.1 Å². The van der Waals surface area contributed by atoms with Gasteiger partial charge in [-0.05, 0) is 58.7 Å². The molecule has 0 aromatic heterocycles. The highest BCUT2D eigenvalue weighted by atomic mass is 16.5. The van der Waals surface area contributed by atoms with Crippen molar-refractivity contribution in [2.45, 2.75) is 11.8 Å². The van der Waals surface area contributed by atoms with Crippen LogP contribution in [0, 0.1) is 11.8 Å². The molecule has 224 valence electrons. The molecule has 1 aliphatic rings. The van der Waals surface area contributed by atoms with Crippen LogP contribution in [-0.4, -0.2) is 48.7 Å². The summed E-state index contributed by atoms with van der Waals surface area (Å²) in [5.74, 6) is -2.21. The van der Waals surface area contributed by atoms with E-state index in [0.29, 0.717) is 11.1 Å². The summed E-state index contributed by atoms with van der Waals surface area (Å²) in [6.45, 7) is 0. The standard InChI is InChI=1S/C34H32N4O6/c1-43-27-17-21(13-15-25(27)39)19-35-37-33(41)31-29(23-9-5-3-6-10-23)32(30(31)24-11-7-4-8-12-24)34(42)38-36-20-22-14-16-26(40)28(18-22)44-2/h3-20,29-32,39-40H,1-2H3,(H,37,41)(H,38,42)/b35-19+,36-20+. The summed E-state index contributed by atoms with van der Waals surface area (Å²) in [5.41, 5.74) is 8.25. The fraction of sp³-hybridized carbons (Fsp3) is 0.176. The summed E-state index contributed by atoms with van der Waals surface area (Å²) in [4.78, 5) is 27.5. The van der Waals surface area contributed by atoms with E-state index in [9.17, 15) is 19.8 Å². The SMILES string of the molecule is COc1cc(/C=N/NC(=O)C2C(c3ccccc3)C(C(=O)N/N=C/c3ccc(O)c(OC)c3)C2c2ccccc2)ccc1O. The van der Waals surface area contributed by atoms with E-state index in [-0.39, 0.29) is 34.8 Å².